The number of hydrogen-bond donors (Lipinski definition) is 1. The third-order valence-corrected chi connectivity index (χ3v) is 5.59. The van der Waals surface area contributed by atoms with Crippen molar-refractivity contribution in [2.24, 2.45) is 10.8 Å². The molecule has 0 saturated heterocycles. The molecular weight excluding hydrogens is 381 g/mol. The number of ether oxygens (including phenoxy) is 1. The molecule has 0 radical (unpaired) electrons. The van der Waals surface area contributed by atoms with Crippen LogP contribution < -0.4 is 15.2 Å². The van der Waals surface area contributed by atoms with E-state index in [9.17, 15) is 4.39 Å². The minimum Gasteiger partial charge on any atom is -0.493 e. The van der Waals surface area contributed by atoms with Gasteiger partial charge in [0, 0.05) is 35.4 Å². The quantitative estimate of drug-likeness (QED) is 0.624. The highest BCUT2D eigenvalue weighted by atomic mass is 19.1. The Kier molecular flexibility index (Phi) is 4.62. The summed E-state index contributed by atoms with van der Waals surface area (Å²) in [7, 11) is 0. The molecule has 5 rings (SSSR count). The van der Waals surface area contributed by atoms with Crippen LogP contribution in [-0.4, -0.2) is 18.9 Å². The van der Waals surface area contributed by atoms with Gasteiger partial charge in [-0.2, -0.15) is 4.84 Å². The molecule has 0 spiro atoms. The first-order chi connectivity index (χ1) is 14.6. The SMILES string of the molecule is C[C@H](N)[C@H](O[N+]1(c2ccc(F)cc2)N=Cc2ccccc21)c1ccc2c(c1)OCC2. The number of quaternary nitrogens is 1. The van der Waals surface area contributed by atoms with Crippen molar-refractivity contribution in [1.29, 1.82) is 0 Å². The number of rotatable bonds is 5. The van der Waals surface area contributed by atoms with E-state index in [4.69, 9.17) is 20.4 Å². The molecule has 0 amide bonds. The van der Waals surface area contributed by atoms with Crippen LogP contribution in [0.25, 0.3) is 0 Å². The molecule has 2 aliphatic rings. The van der Waals surface area contributed by atoms with Crippen LogP contribution in [0.2, 0.25) is 0 Å². The lowest BCUT2D eigenvalue weighted by molar-refractivity contribution is -0.155. The Morgan fingerprint density at radius 2 is 1.90 bits per heavy atom. The van der Waals surface area contributed by atoms with Gasteiger partial charge in [0.15, 0.2) is 11.8 Å². The smallest absolute Gasteiger partial charge is 0.208 e. The molecule has 152 valence electrons. The average molecular weight is 404 g/mol. The summed E-state index contributed by atoms with van der Waals surface area (Å²) >= 11 is 0. The van der Waals surface area contributed by atoms with Crippen LogP contribution in [0.4, 0.5) is 15.8 Å². The highest BCUT2D eigenvalue weighted by Crippen LogP contribution is 2.45. The van der Waals surface area contributed by atoms with Crippen LogP contribution in [0.15, 0.2) is 71.8 Å². The molecule has 0 fully saturated rings. The fourth-order valence-corrected chi connectivity index (χ4v) is 4.06. The van der Waals surface area contributed by atoms with Gasteiger partial charge in [-0.05, 0) is 47.4 Å². The summed E-state index contributed by atoms with van der Waals surface area (Å²) < 4.78 is 19.2. The van der Waals surface area contributed by atoms with Crippen molar-refractivity contribution in [1.82, 2.24) is 4.76 Å². The van der Waals surface area contributed by atoms with Crippen molar-refractivity contribution in [3.05, 3.63) is 89.2 Å². The van der Waals surface area contributed by atoms with E-state index in [2.05, 4.69) is 6.07 Å². The number of para-hydroxylation sites is 1. The molecule has 30 heavy (non-hydrogen) atoms. The Morgan fingerprint density at radius 1 is 1.10 bits per heavy atom. The standard InChI is InChI=1S/C24H23FN3O2/c1-16(26)24(18-7-6-17-12-13-29-23(17)14-18)30-28(21-10-8-20(25)9-11-21)22-5-3-2-4-19(22)15-27-28/h2-11,14-16,24H,12-13,26H2,1H3/q+1/t16-,24-,28?/m0/s1. The van der Waals surface area contributed by atoms with Crippen molar-refractivity contribution in [3.8, 4) is 5.75 Å². The third kappa shape index (κ3) is 3.10. The molecule has 2 heterocycles. The molecule has 3 aromatic carbocycles. The topological polar surface area (TPSA) is 56.8 Å². The van der Waals surface area contributed by atoms with Gasteiger partial charge in [0.2, 0.25) is 5.69 Å². The van der Waals surface area contributed by atoms with Crippen molar-refractivity contribution >= 4 is 17.6 Å². The number of nitrogens with zero attached hydrogens (tertiary/aromatic N) is 2. The maximum atomic E-state index is 13.7. The second-order valence-electron chi connectivity index (χ2n) is 7.71. The van der Waals surface area contributed by atoms with E-state index in [0.717, 1.165) is 29.0 Å². The highest BCUT2D eigenvalue weighted by Gasteiger charge is 2.46. The number of fused-ring (bicyclic) bond motifs is 2. The van der Waals surface area contributed by atoms with Crippen LogP contribution in [0, 0.1) is 5.82 Å². The van der Waals surface area contributed by atoms with Crippen LogP contribution in [0.1, 0.15) is 29.7 Å². The second-order valence-corrected chi connectivity index (χ2v) is 7.71. The minimum atomic E-state index is -0.465. The van der Waals surface area contributed by atoms with E-state index in [1.54, 1.807) is 18.3 Å². The van der Waals surface area contributed by atoms with Crippen LogP contribution in [-0.2, 0) is 11.3 Å². The van der Waals surface area contributed by atoms with Crippen LogP contribution in [0.5, 0.6) is 5.75 Å². The van der Waals surface area contributed by atoms with E-state index in [0.29, 0.717) is 12.3 Å². The Morgan fingerprint density at radius 3 is 2.70 bits per heavy atom. The zero-order chi connectivity index (χ0) is 20.7. The predicted octanol–water partition coefficient (Wildman–Crippen LogP) is 4.77. The summed E-state index contributed by atoms with van der Waals surface area (Å²) in [6, 6.07) is 19.9. The van der Waals surface area contributed by atoms with E-state index in [-0.39, 0.29) is 16.6 Å². The second kappa shape index (κ2) is 7.32. The number of hydrogen-bond acceptors (Lipinski definition) is 4. The van der Waals surface area contributed by atoms with E-state index < -0.39 is 6.10 Å². The zero-order valence-corrected chi connectivity index (χ0v) is 16.7. The fraction of sp³-hybridized carbons (Fsp3) is 0.208. The summed E-state index contributed by atoms with van der Waals surface area (Å²) in [6.07, 6.45) is 2.22. The highest BCUT2D eigenvalue weighted by molar-refractivity contribution is 5.92. The molecule has 2 aliphatic heterocycles. The number of halogens is 1. The first-order valence-electron chi connectivity index (χ1n) is 10.1. The van der Waals surface area contributed by atoms with Crippen LogP contribution in [0.3, 0.4) is 0 Å². The average Bonchev–Trinajstić information content (AvgIpc) is 3.37. The summed E-state index contributed by atoms with van der Waals surface area (Å²) in [4.78, 5) is 6.70. The van der Waals surface area contributed by atoms with E-state index in [1.807, 2.05) is 43.3 Å². The van der Waals surface area contributed by atoms with Gasteiger partial charge in [0.1, 0.15) is 17.8 Å². The molecule has 0 saturated carbocycles. The maximum absolute atomic E-state index is 13.7. The van der Waals surface area contributed by atoms with E-state index in [1.165, 1.54) is 17.7 Å². The van der Waals surface area contributed by atoms with Crippen molar-refractivity contribution in [2.45, 2.75) is 25.5 Å². The zero-order valence-electron chi connectivity index (χ0n) is 16.7. The molecule has 0 bridgehead atoms. The van der Waals surface area contributed by atoms with Gasteiger partial charge >= 0.3 is 0 Å². The summed E-state index contributed by atoms with van der Waals surface area (Å²) in [5.74, 6) is 0.563. The minimum absolute atomic E-state index is 0.236. The molecule has 3 aromatic rings. The Balaban J connectivity index is 1.61. The third-order valence-electron chi connectivity index (χ3n) is 5.59. The lowest BCUT2D eigenvalue weighted by atomic mass is 10.0. The van der Waals surface area contributed by atoms with Gasteiger partial charge in [-0.15, -0.1) is 0 Å². The van der Waals surface area contributed by atoms with Gasteiger partial charge in [0.05, 0.1) is 12.2 Å². The van der Waals surface area contributed by atoms with Crippen molar-refractivity contribution in [3.63, 3.8) is 0 Å². The molecular formula is C24H23FN3O2+. The van der Waals surface area contributed by atoms with Gasteiger partial charge in [-0.25, -0.2) is 4.39 Å². The molecule has 2 N–H and O–H groups in total. The summed E-state index contributed by atoms with van der Waals surface area (Å²) in [6.45, 7) is 2.60. The van der Waals surface area contributed by atoms with Gasteiger partial charge in [-0.1, -0.05) is 24.3 Å². The van der Waals surface area contributed by atoms with Gasteiger partial charge in [-0.3, -0.25) is 0 Å². The Hall–Kier alpha value is -3.06. The number of benzene rings is 3. The normalized spacial score (nSPS) is 21.0. The molecule has 1 unspecified atom stereocenters. The molecule has 3 atom stereocenters. The van der Waals surface area contributed by atoms with Gasteiger partial charge in [0.25, 0.3) is 0 Å². The number of nitrogens with two attached hydrogens (primary N) is 1. The van der Waals surface area contributed by atoms with Crippen molar-refractivity contribution < 1.29 is 14.0 Å². The Bertz CT molecular complexity index is 1110. The molecule has 0 aromatic heterocycles. The lowest BCUT2D eigenvalue weighted by Crippen LogP contribution is -2.42. The predicted molar refractivity (Wildman–Crippen MR) is 115 cm³/mol. The lowest BCUT2D eigenvalue weighted by Gasteiger charge is -2.31. The monoisotopic (exact) mass is 404 g/mol. The fourth-order valence-electron chi connectivity index (χ4n) is 4.06. The first kappa shape index (κ1) is 18.9. The molecule has 6 heteroatoms. The molecule has 5 nitrogen and oxygen atoms in total. The van der Waals surface area contributed by atoms with E-state index >= 15 is 0 Å². The van der Waals surface area contributed by atoms with Gasteiger partial charge < -0.3 is 10.5 Å². The maximum Gasteiger partial charge on any atom is 0.208 e. The first-order valence-corrected chi connectivity index (χ1v) is 10.1. The molecule has 0 aliphatic carbocycles. The largest absolute Gasteiger partial charge is 0.493 e. The van der Waals surface area contributed by atoms with Crippen molar-refractivity contribution in [2.75, 3.05) is 6.61 Å². The summed E-state index contributed by atoms with van der Waals surface area (Å²) in [5, 5.41) is 4.74. The Labute approximate surface area is 174 Å². The van der Waals surface area contributed by atoms with Crippen LogP contribution >= 0.6 is 0 Å². The summed E-state index contributed by atoms with van der Waals surface area (Å²) in [5.41, 5.74) is 11.0.